The van der Waals surface area contributed by atoms with Crippen molar-refractivity contribution >= 4 is 38.8 Å². The molecule has 2 aliphatic rings. The number of nitrogens with one attached hydrogen (secondary N) is 1. The molecule has 2 unspecified atom stereocenters. The lowest BCUT2D eigenvalue weighted by Crippen LogP contribution is -2.47. The smallest absolute Gasteiger partial charge is 0.144 e. The standard InChI is InChI=1S/C27H25BrN2O2/c1-27(2)15-22-25(23(31)16-27)26(30-21-12-5-4-11-20(21)29-22)17-8-7-9-18(14-17)32-24-13-6-3-10-19(24)28/h3-14,22,25,29H,15-16H2,1-2H3. The topological polar surface area (TPSA) is 50.7 Å². The Morgan fingerprint density at radius 2 is 1.81 bits per heavy atom. The number of aliphatic imine (C=N–C) groups is 1. The fourth-order valence-corrected chi connectivity index (χ4v) is 5.14. The van der Waals surface area contributed by atoms with Crippen LogP contribution in [0.3, 0.4) is 0 Å². The molecule has 1 aliphatic heterocycles. The number of ketones is 1. The highest BCUT2D eigenvalue weighted by Gasteiger charge is 2.44. The summed E-state index contributed by atoms with van der Waals surface area (Å²) in [6.45, 7) is 4.34. The number of benzene rings is 3. The number of halogens is 1. The normalized spacial score (nSPS) is 21.5. The monoisotopic (exact) mass is 488 g/mol. The first-order chi connectivity index (χ1) is 15.4. The van der Waals surface area contributed by atoms with E-state index in [1.54, 1.807) is 0 Å². The van der Waals surface area contributed by atoms with Crippen molar-refractivity contribution in [3.8, 4) is 11.5 Å². The molecule has 0 bridgehead atoms. The van der Waals surface area contributed by atoms with Crippen molar-refractivity contribution in [3.63, 3.8) is 0 Å². The molecule has 2 atom stereocenters. The quantitative estimate of drug-likeness (QED) is 0.425. The third-order valence-electron chi connectivity index (χ3n) is 6.15. The van der Waals surface area contributed by atoms with Crippen LogP contribution in [0.5, 0.6) is 11.5 Å². The van der Waals surface area contributed by atoms with Crippen LogP contribution >= 0.6 is 15.9 Å². The van der Waals surface area contributed by atoms with Gasteiger partial charge in [-0.05, 0) is 64.2 Å². The van der Waals surface area contributed by atoms with Crippen molar-refractivity contribution in [1.29, 1.82) is 0 Å². The summed E-state index contributed by atoms with van der Waals surface area (Å²) in [5, 5.41) is 3.64. The summed E-state index contributed by atoms with van der Waals surface area (Å²) in [6, 6.07) is 23.7. The van der Waals surface area contributed by atoms with E-state index in [1.807, 2.05) is 72.8 Å². The highest BCUT2D eigenvalue weighted by molar-refractivity contribution is 9.10. The van der Waals surface area contributed by atoms with Crippen LogP contribution in [0.2, 0.25) is 0 Å². The number of carbonyl (C=O) groups excluding carboxylic acids is 1. The van der Waals surface area contributed by atoms with E-state index in [2.05, 4.69) is 35.1 Å². The van der Waals surface area contributed by atoms with Crippen LogP contribution in [0.4, 0.5) is 11.4 Å². The molecule has 1 aliphatic carbocycles. The van der Waals surface area contributed by atoms with Gasteiger partial charge in [0, 0.05) is 18.0 Å². The van der Waals surface area contributed by atoms with Crippen molar-refractivity contribution in [2.24, 2.45) is 16.3 Å². The summed E-state index contributed by atoms with van der Waals surface area (Å²) in [4.78, 5) is 18.4. The summed E-state index contributed by atoms with van der Waals surface area (Å²) in [7, 11) is 0. The van der Waals surface area contributed by atoms with Gasteiger partial charge in [0.1, 0.15) is 17.3 Å². The lowest BCUT2D eigenvalue weighted by Gasteiger charge is -2.40. The molecule has 1 saturated carbocycles. The molecule has 5 heteroatoms. The van der Waals surface area contributed by atoms with Crippen molar-refractivity contribution < 1.29 is 9.53 Å². The Bertz CT molecular complexity index is 1220. The SMILES string of the molecule is CC1(C)CC(=O)C2C(c3cccc(Oc4ccccc4Br)c3)=Nc3ccccc3NC2C1. The molecule has 162 valence electrons. The minimum Gasteiger partial charge on any atom is -0.456 e. The number of rotatable bonds is 3. The summed E-state index contributed by atoms with van der Waals surface area (Å²) in [5.74, 6) is 1.40. The van der Waals surface area contributed by atoms with Gasteiger partial charge in [0.25, 0.3) is 0 Å². The molecule has 0 spiro atoms. The number of carbonyl (C=O) groups is 1. The van der Waals surface area contributed by atoms with Crippen LogP contribution in [-0.2, 0) is 4.79 Å². The van der Waals surface area contributed by atoms with Gasteiger partial charge in [-0.25, -0.2) is 4.99 Å². The van der Waals surface area contributed by atoms with Gasteiger partial charge in [-0.3, -0.25) is 4.79 Å². The van der Waals surface area contributed by atoms with E-state index in [-0.39, 0.29) is 23.2 Å². The molecule has 0 radical (unpaired) electrons. The van der Waals surface area contributed by atoms with E-state index in [1.165, 1.54) is 0 Å². The first-order valence-electron chi connectivity index (χ1n) is 10.9. The Balaban J connectivity index is 1.58. The second kappa shape index (κ2) is 8.21. The van der Waals surface area contributed by atoms with Crippen molar-refractivity contribution in [3.05, 3.63) is 82.8 Å². The lowest BCUT2D eigenvalue weighted by molar-refractivity contribution is -0.125. The summed E-state index contributed by atoms with van der Waals surface area (Å²) < 4.78 is 7.02. The van der Waals surface area contributed by atoms with Gasteiger partial charge < -0.3 is 10.1 Å². The Morgan fingerprint density at radius 3 is 2.66 bits per heavy atom. The number of hydrogen-bond acceptors (Lipinski definition) is 4. The van der Waals surface area contributed by atoms with Gasteiger partial charge >= 0.3 is 0 Å². The van der Waals surface area contributed by atoms with Crippen molar-refractivity contribution in [1.82, 2.24) is 0 Å². The molecule has 32 heavy (non-hydrogen) atoms. The minimum atomic E-state index is -0.297. The Hall–Kier alpha value is -2.92. The van der Waals surface area contributed by atoms with Gasteiger partial charge in [-0.15, -0.1) is 0 Å². The summed E-state index contributed by atoms with van der Waals surface area (Å²) in [5.41, 5.74) is 3.52. The molecule has 3 aromatic rings. The molecule has 4 nitrogen and oxygen atoms in total. The molecular formula is C27H25BrN2O2. The minimum absolute atomic E-state index is 0.00138. The van der Waals surface area contributed by atoms with E-state index in [4.69, 9.17) is 9.73 Å². The van der Waals surface area contributed by atoms with E-state index >= 15 is 0 Å². The fourth-order valence-electron chi connectivity index (χ4n) is 4.78. The molecule has 0 aromatic heterocycles. The molecule has 1 heterocycles. The Kier molecular flexibility index (Phi) is 5.38. The largest absolute Gasteiger partial charge is 0.456 e. The summed E-state index contributed by atoms with van der Waals surface area (Å²) in [6.07, 6.45) is 1.46. The maximum atomic E-state index is 13.4. The third kappa shape index (κ3) is 4.09. The Labute approximate surface area is 196 Å². The average Bonchev–Trinajstić information content (AvgIpc) is 2.91. The average molecular weight is 489 g/mol. The van der Waals surface area contributed by atoms with Crippen LogP contribution < -0.4 is 10.1 Å². The first kappa shape index (κ1) is 21.0. The maximum absolute atomic E-state index is 13.4. The zero-order valence-corrected chi connectivity index (χ0v) is 19.7. The van der Waals surface area contributed by atoms with Crippen LogP contribution in [0.25, 0.3) is 0 Å². The second-order valence-corrected chi connectivity index (χ2v) is 10.2. The predicted molar refractivity (Wildman–Crippen MR) is 132 cm³/mol. The number of para-hydroxylation sites is 3. The fraction of sp³-hybridized carbons (Fsp3) is 0.259. The molecule has 3 aromatic carbocycles. The summed E-state index contributed by atoms with van der Waals surface area (Å²) >= 11 is 3.54. The molecule has 5 rings (SSSR count). The van der Waals surface area contributed by atoms with Crippen molar-refractivity contribution in [2.75, 3.05) is 5.32 Å². The highest BCUT2D eigenvalue weighted by Crippen LogP contribution is 2.43. The number of fused-ring (bicyclic) bond motifs is 2. The van der Waals surface area contributed by atoms with Crippen LogP contribution in [0.1, 0.15) is 32.3 Å². The number of hydrogen-bond donors (Lipinski definition) is 1. The van der Waals surface area contributed by atoms with E-state index in [0.29, 0.717) is 12.2 Å². The number of nitrogens with zero attached hydrogens (tertiary/aromatic N) is 1. The van der Waals surface area contributed by atoms with Gasteiger partial charge in [0.2, 0.25) is 0 Å². The number of anilines is 1. The molecule has 1 fully saturated rings. The zero-order chi connectivity index (χ0) is 22.3. The van der Waals surface area contributed by atoms with Crippen LogP contribution in [0.15, 0.2) is 82.3 Å². The maximum Gasteiger partial charge on any atom is 0.144 e. The predicted octanol–water partition coefficient (Wildman–Crippen LogP) is 7.16. The number of ether oxygens (including phenoxy) is 1. The van der Waals surface area contributed by atoms with Gasteiger partial charge in [-0.1, -0.05) is 50.2 Å². The lowest BCUT2D eigenvalue weighted by atomic mass is 9.67. The molecule has 0 amide bonds. The highest BCUT2D eigenvalue weighted by atomic mass is 79.9. The van der Waals surface area contributed by atoms with Crippen molar-refractivity contribution in [2.45, 2.75) is 32.7 Å². The van der Waals surface area contributed by atoms with Gasteiger partial charge in [-0.2, -0.15) is 0 Å². The van der Waals surface area contributed by atoms with E-state index in [9.17, 15) is 4.79 Å². The Morgan fingerprint density at radius 1 is 1.03 bits per heavy atom. The zero-order valence-electron chi connectivity index (χ0n) is 18.1. The van der Waals surface area contributed by atoms with E-state index in [0.717, 1.165) is 39.3 Å². The molecule has 1 N–H and O–H groups in total. The van der Waals surface area contributed by atoms with Gasteiger partial charge in [0.05, 0.1) is 27.5 Å². The van der Waals surface area contributed by atoms with Crippen LogP contribution in [0, 0.1) is 11.3 Å². The van der Waals surface area contributed by atoms with Crippen LogP contribution in [-0.4, -0.2) is 17.5 Å². The second-order valence-electron chi connectivity index (χ2n) is 9.31. The molecule has 0 saturated heterocycles. The molecular weight excluding hydrogens is 464 g/mol. The van der Waals surface area contributed by atoms with Gasteiger partial charge in [0.15, 0.2) is 0 Å². The first-order valence-corrected chi connectivity index (χ1v) is 11.7. The number of Topliss-reactive ketones (excluding diaryl/α,β-unsaturated/α-hetero) is 1. The van der Waals surface area contributed by atoms with E-state index < -0.39 is 0 Å². The third-order valence-corrected chi connectivity index (χ3v) is 6.80.